The molecule has 146 valence electrons. The first-order chi connectivity index (χ1) is 13.0. The zero-order chi connectivity index (χ0) is 19.7. The lowest BCUT2D eigenvalue weighted by atomic mass is 9.91. The largest absolute Gasteiger partial charge is 0.458 e. The maximum absolute atomic E-state index is 12.3. The van der Waals surface area contributed by atoms with Crippen molar-refractivity contribution < 1.29 is 23.9 Å². The molecule has 27 heavy (non-hydrogen) atoms. The van der Waals surface area contributed by atoms with Crippen molar-refractivity contribution in [3.63, 3.8) is 0 Å². The van der Waals surface area contributed by atoms with E-state index in [-0.39, 0.29) is 17.9 Å². The fourth-order valence-electron chi connectivity index (χ4n) is 3.23. The summed E-state index contributed by atoms with van der Waals surface area (Å²) in [7, 11) is 0. The van der Waals surface area contributed by atoms with Crippen LogP contribution in [0, 0.1) is 0 Å². The summed E-state index contributed by atoms with van der Waals surface area (Å²) in [6, 6.07) is 0. The van der Waals surface area contributed by atoms with Gasteiger partial charge in [0.2, 0.25) is 0 Å². The standard InChI is InChI=1S/C22H28O5/c1-3-4-5-6-7-8-15-22(27-17(2)23)16-14-20(24)19(22)11-9-10-18-12-13-21(25)26-18/h7-11,14,16,18H,3-6,12-13,15H2,1-2H3. The molecule has 0 spiro atoms. The molecule has 1 fully saturated rings. The first kappa shape index (κ1) is 20.9. The van der Waals surface area contributed by atoms with Gasteiger partial charge in [-0.25, -0.2) is 0 Å². The van der Waals surface area contributed by atoms with Crippen LogP contribution in [0.4, 0.5) is 0 Å². The maximum Gasteiger partial charge on any atom is 0.306 e. The molecule has 0 aromatic rings. The van der Waals surface area contributed by atoms with Crippen molar-refractivity contribution >= 4 is 17.7 Å². The van der Waals surface area contributed by atoms with Crippen LogP contribution in [0.25, 0.3) is 0 Å². The number of ether oxygens (including phenoxy) is 2. The van der Waals surface area contributed by atoms with Crippen molar-refractivity contribution in [1.82, 2.24) is 0 Å². The highest BCUT2D eigenvalue weighted by Gasteiger charge is 2.41. The van der Waals surface area contributed by atoms with E-state index in [9.17, 15) is 14.4 Å². The van der Waals surface area contributed by atoms with Crippen LogP contribution < -0.4 is 0 Å². The van der Waals surface area contributed by atoms with Gasteiger partial charge in [0.05, 0.1) is 0 Å². The zero-order valence-corrected chi connectivity index (χ0v) is 16.1. The summed E-state index contributed by atoms with van der Waals surface area (Å²) < 4.78 is 10.7. The predicted octanol–water partition coefficient (Wildman–Crippen LogP) is 4.14. The number of allylic oxidation sites excluding steroid dienone is 4. The average molecular weight is 372 g/mol. The maximum atomic E-state index is 12.3. The number of carbonyl (C=O) groups is 3. The molecule has 2 unspecified atom stereocenters. The molecule has 5 nitrogen and oxygen atoms in total. The summed E-state index contributed by atoms with van der Waals surface area (Å²) in [5.74, 6) is -0.824. The lowest BCUT2D eigenvalue weighted by Crippen LogP contribution is -2.33. The van der Waals surface area contributed by atoms with E-state index in [1.165, 1.54) is 19.4 Å². The first-order valence-corrected chi connectivity index (χ1v) is 9.63. The minimum absolute atomic E-state index is 0.177. The monoisotopic (exact) mass is 372 g/mol. The Morgan fingerprint density at radius 3 is 2.81 bits per heavy atom. The van der Waals surface area contributed by atoms with Crippen molar-refractivity contribution in [3.05, 3.63) is 48.1 Å². The van der Waals surface area contributed by atoms with Crippen molar-refractivity contribution in [2.45, 2.75) is 70.5 Å². The highest BCUT2D eigenvalue weighted by Crippen LogP contribution is 2.34. The van der Waals surface area contributed by atoms with Crippen LogP contribution in [-0.4, -0.2) is 29.4 Å². The Morgan fingerprint density at radius 2 is 2.15 bits per heavy atom. The summed E-state index contributed by atoms with van der Waals surface area (Å²) in [5, 5.41) is 0. The number of hydrogen-bond acceptors (Lipinski definition) is 5. The highest BCUT2D eigenvalue weighted by atomic mass is 16.6. The van der Waals surface area contributed by atoms with E-state index < -0.39 is 11.6 Å². The van der Waals surface area contributed by atoms with E-state index >= 15 is 0 Å². The number of cyclic esters (lactones) is 1. The lowest BCUT2D eigenvalue weighted by Gasteiger charge is -2.27. The van der Waals surface area contributed by atoms with Crippen LogP contribution in [0.3, 0.4) is 0 Å². The van der Waals surface area contributed by atoms with Crippen molar-refractivity contribution in [2.24, 2.45) is 0 Å². The van der Waals surface area contributed by atoms with Gasteiger partial charge in [-0.2, -0.15) is 0 Å². The third-order valence-electron chi connectivity index (χ3n) is 4.62. The SMILES string of the molecule is CCCCCC=CCC1(OC(C)=O)C=CC(=O)C1=CC=CC1CCC(=O)O1. The normalized spacial score (nSPS) is 26.6. The molecule has 2 atom stereocenters. The fourth-order valence-corrected chi connectivity index (χ4v) is 3.23. The van der Waals surface area contributed by atoms with E-state index in [1.54, 1.807) is 24.3 Å². The van der Waals surface area contributed by atoms with Gasteiger partial charge in [0, 0.05) is 25.3 Å². The Labute approximate surface area is 160 Å². The number of ketones is 1. The molecule has 2 rings (SSSR count). The van der Waals surface area contributed by atoms with Crippen molar-refractivity contribution in [2.75, 3.05) is 0 Å². The van der Waals surface area contributed by atoms with Gasteiger partial charge in [-0.1, -0.05) is 44.1 Å². The van der Waals surface area contributed by atoms with E-state index in [0.29, 0.717) is 24.8 Å². The smallest absolute Gasteiger partial charge is 0.306 e. The van der Waals surface area contributed by atoms with Gasteiger partial charge in [-0.15, -0.1) is 0 Å². The molecule has 0 bridgehead atoms. The van der Waals surface area contributed by atoms with Crippen molar-refractivity contribution in [1.29, 1.82) is 0 Å². The fraction of sp³-hybridized carbons (Fsp3) is 0.500. The molecule has 0 amide bonds. The second kappa shape index (κ2) is 10.0. The minimum atomic E-state index is -1.07. The highest BCUT2D eigenvalue weighted by molar-refractivity contribution is 6.09. The van der Waals surface area contributed by atoms with Gasteiger partial charge >= 0.3 is 11.9 Å². The number of esters is 2. The van der Waals surface area contributed by atoms with Gasteiger partial charge in [0.15, 0.2) is 11.4 Å². The quantitative estimate of drug-likeness (QED) is 0.263. The van der Waals surface area contributed by atoms with Crippen LogP contribution in [-0.2, 0) is 23.9 Å². The van der Waals surface area contributed by atoms with E-state index in [1.807, 2.05) is 6.08 Å². The van der Waals surface area contributed by atoms with Gasteiger partial charge in [-0.05, 0) is 37.5 Å². The summed E-state index contributed by atoms with van der Waals surface area (Å²) in [6.07, 6.45) is 17.9. The van der Waals surface area contributed by atoms with Crippen molar-refractivity contribution in [3.8, 4) is 0 Å². The Kier molecular flexibility index (Phi) is 7.77. The van der Waals surface area contributed by atoms with Crippen LogP contribution in [0.5, 0.6) is 0 Å². The van der Waals surface area contributed by atoms with Gasteiger partial charge < -0.3 is 9.47 Å². The summed E-state index contributed by atoms with van der Waals surface area (Å²) in [4.78, 5) is 35.2. The second-order valence-corrected chi connectivity index (χ2v) is 6.88. The zero-order valence-electron chi connectivity index (χ0n) is 16.1. The minimum Gasteiger partial charge on any atom is -0.458 e. The molecule has 0 aromatic heterocycles. The molecule has 0 radical (unpaired) electrons. The van der Waals surface area contributed by atoms with Gasteiger partial charge in [0.25, 0.3) is 0 Å². The lowest BCUT2D eigenvalue weighted by molar-refractivity contribution is -0.149. The number of hydrogen-bond donors (Lipinski definition) is 0. The Bertz CT molecular complexity index is 683. The molecule has 0 saturated carbocycles. The van der Waals surface area contributed by atoms with E-state index in [0.717, 1.165) is 19.3 Å². The molecule has 1 aliphatic carbocycles. The van der Waals surface area contributed by atoms with Gasteiger partial charge in [0.1, 0.15) is 6.10 Å². The van der Waals surface area contributed by atoms with E-state index in [2.05, 4.69) is 13.0 Å². The number of unbranched alkanes of at least 4 members (excludes halogenated alkanes) is 3. The topological polar surface area (TPSA) is 69.7 Å². The second-order valence-electron chi connectivity index (χ2n) is 6.88. The molecule has 2 aliphatic rings. The summed E-state index contributed by atoms with van der Waals surface area (Å²) in [5.41, 5.74) is -0.655. The van der Waals surface area contributed by atoms with E-state index in [4.69, 9.17) is 9.47 Å². The Balaban J connectivity index is 2.11. The first-order valence-electron chi connectivity index (χ1n) is 9.63. The Hall–Kier alpha value is -2.43. The van der Waals surface area contributed by atoms with Crippen LogP contribution in [0.15, 0.2) is 48.1 Å². The van der Waals surface area contributed by atoms with Crippen LogP contribution in [0.2, 0.25) is 0 Å². The molecular formula is C22H28O5. The van der Waals surface area contributed by atoms with Crippen LogP contribution in [0.1, 0.15) is 58.8 Å². The summed E-state index contributed by atoms with van der Waals surface area (Å²) in [6.45, 7) is 3.50. The third kappa shape index (κ3) is 6.05. The molecule has 0 aromatic carbocycles. The number of carbonyl (C=O) groups excluding carboxylic acids is 3. The molecule has 1 heterocycles. The molecule has 1 saturated heterocycles. The molecule has 1 aliphatic heterocycles. The summed E-state index contributed by atoms with van der Waals surface area (Å²) >= 11 is 0. The Morgan fingerprint density at radius 1 is 1.33 bits per heavy atom. The average Bonchev–Trinajstić information content (AvgIpc) is 3.16. The molecule has 0 N–H and O–H groups in total. The molecular weight excluding hydrogens is 344 g/mol. The van der Waals surface area contributed by atoms with Gasteiger partial charge in [-0.3, -0.25) is 14.4 Å². The van der Waals surface area contributed by atoms with Crippen LogP contribution >= 0.6 is 0 Å². The third-order valence-corrected chi connectivity index (χ3v) is 4.62. The predicted molar refractivity (Wildman–Crippen MR) is 103 cm³/mol. The number of rotatable bonds is 9. The molecule has 5 heteroatoms.